The van der Waals surface area contributed by atoms with Gasteiger partial charge < -0.3 is 0 Å². The number of rotatable bonds is 5. The molecular formula is C19H32N2. The topological polar surface area (TPSA) is 38.0 Å². The summed E-state index contributed by atoms with van der Waals surface area (Å²) < 4.78 is 0. The molecule has 0 amide bonds. The molecule has 1 unspecified atom stereocenters. The SMILES string of the molecule is Cc1cccc(C)c1CC(NN)C1CCC(C(C)C)CC1. The summed E-state index contributed by atoms with van der Waals surface area (Å²) in [7, 11) is 0. The van der Waals surface area contributed by atoms with Crippen LogP contribution in [0.1, 0.15) is 56.2 Å². The molecule has 0 spiro atoms. The minimum Gasteiger partial charge on any atom is -0.271 e. The lowest BCUT2D eigenvalue weighted by Crippen LogP contribution is -2.44. The van der Waals surface area contributed by atoms with Crippen LogP contribution in [0, 0.1) is 31.6 Å². The second kappa shape index (κ2) is 7.42. The van der Waals surface area contributed by atoms with Crippen molar-refractivity contribution in [3.05, 3.63) is 34.9 Å². The van der Waals surface area contributed by atoms with E-state index < -0.39 is 0 Å². The lowest BCUT2D eigenvalue weighted by molar-refractivity contribution is 0.188. The maximum absolute atomic E-state index is 5.90. The van der Waals surface area contributed by atoms with E-state index in [9.17, 15) is 0 Å². The van der Waals surface area contributed by atoms with Crippen LogP contribution in [0.15, 0.2) is 18.2 Å². The van der Waals surface area contributed by atoms with Gasteiger partial charge in [-0.2, -0.15) is 0 Å². The first-order valence-electron chi connectivity index (χ1n) is 8.54. The molecule has 0 aromatic heterocycles. The third-order valence-electron chi connectivity index (χ3n) is 5.61. The number of nitrogens with one attached hydrogen (secondary N) is 1. The van der Waals surface area contributed by atoms with Crippen molar-refractivity contribution >= 4 is 0 Å². The number of hydrazine groups is 1. The predicted octanol–water partition coefficient (Wildman–Crippen LogP) is 4.14. The molecule has 0 heterocycles. The quantitative estimate of drug-likeness (QED) is 0.631. The zero-order chi connectivity index (χ0) is 15.4. The molecule has 3 N–H and O–H groups in total. The van der Waals surface area contributed by atoms with E-state index in [1.54, 1.807) is 0 Å². The maximum atomic E-state index is 5.90. The van der Waals surface area contributed by atoms with Crippen LogP contribution >= 0.6 is 0 Å². The van der Waals surface area contributed by atoms with Crippen molar-refractivity contribution in [3.63, 3.8) is 0 Å². The van der Waals surface area contributed by atoms with Crippen LogP contribution in [0.4, 0.5) is 0 Å². The summed E-state index contributed by atoms with van der Waals surface area (Å²) in [5, 5.41) is 0. The summed E-state index contributed by atoms with van der Waals surface area (Å²) >= 11 is 0. The van der Waals surface area contributed by atoms with Gasteiger partial charge in [0.1, 0.15) is 0 Å². The van der Waals surface area contributed by atoms with Crippen molar-refractivity contribution in [1.82, 2.24) is 5.43 Å². The summed E-state index contributed by atoms with van der Waals surface area (Å²) in [5.41, 5.74) is 7.39. The Kier molecular flexibility index (Phi) is 5.83. The summed E-state index contributed by atoms with van der Waals surface area (Å²) in [6, 6.07) is 6.99. The molecule has 2 nitrogen and oxygen atoms in total. The number of aryl methyl sites for hydroxylation is 2. The molecule has 1 aliphatic carbocycles. The fourth-order valence-corrected chi connectivity index (χ4v) is 3.97. The average molecular weight is 288 g/mol. The molecule has 1 aromatic carbocycles. The first kappa shape index (κ1) is 16.5. The zero-order valence-electron chi connectivity index (χ0n) is 14.2. The van der Waals surface area contributed by atoms with Crippen LogP contribution in [0.2, 0.25) is 0 Å². The van der Waals surface area contributed by atoms with E-state index in [0.717, 1.165) is 24.2 Å². The van der Waals surface area contributed by atoms with Gasteiger partial charge in [-0.15, -0.1) is 0 Å². The molecule has 1 atom stereocenters. The van der Waals surface area contributed by atoms with Crippen molar-refractivity contribution in [3.8, 4) is 0 Å². The van der Waals surface area contributed by atoms with Gasteiger partial charge in [0.05, 0.1) is 0 Å². The average Bonchev–Trinajstić information content (AvgIpc) is 2.47. The van der Waals surface area contributed by atoms with Gasteiger partial charge >= 0.3 is 0 Å². The maximum Gasteiger partial charge on any atom is 0.0279 e. The second-order valence-corrected chi connectivity index (χ2v) is 7.27. The number of hydrogen-bond acceptors (Lipinski definition) is 2. The van der Waals surface area contributed by atoms with Gasteiger partial charge in [-0.1, -0.05) is 32.0 Å². The van der Waals surface area contributed by atoms with Gasteiger partial charge in [0.15, 0.2) is 0 Å². The van der Waals surface area contributed by atoms with Crippen LogP contribution in [-0.4, -0.2) is 6.04 Å². The highest BCUT2D eigenvalue weighted by atomic mass is 15.2. The van der Waals surface area contributed by atoms with Crippen molar-refractivity contribution in [2.45, 2.75) is 65.8 Å². The van der Waals surface area contributed by atoms with E-state index in [1.807, 2.05) is 0 Å². The molecule has 0 aliphatic heterocycles. The van der Waals surface area contributed by atoms with E-state index in [-0.39, 0.29) is 0 Å². The van der Waals surface area contributed by atoms with Gasteiger partial charge in [-0.3, -0.25) is 11.3 Å². The van der Waals surface area contributed by atoms with Gasteiger partial charge in [-0.05, 0) is 80.4 Å². The molecule has 1 aliphatic rings. The fraction of sp³-hybridized carbons (Fsp3) is 0.684. The summed E-state index contributed by atoms with van der Waals surface area (Å²) in [4.78, 5) is 0. The highest BCUT2D eigenvalue weighted by Gasteiger charge is 2.28. The summed E-state index contributed by atoms with van der Waals surface area (Å²) in [6.45, 7) is 9.15. The second-order valence-electron chi connectivity index (χ2n) is 7.27. The molecule has 0 saturated heterocycles. The summed E-state index contributed by atoms with van der Waals surface area (Å²) in [5.74, 6) is 8.37. The standard InChI is InChI=1S/C19H32N2/c1-13(2)16-8-10-17(11-9-16)19(21-20)12-18-14(3)6-5-7-15(18)4/h5-7,13,16-17,19,21H,8-12,20H2,1-4H3. The molecule has 21 heavy (non-hydrogen) atoms. The Morgan fingerprint density at radius 3 is 2.05 bits per heavy atom. The van der Waals surface area contributed by atoms with Crippen LogP contribution in [0.5, 0.6) is 0 Å². The molecule has 1 aromatic rings. The first-order valence-corrected chi connectivity index (χ1v) is 8.54. The monoisotopic (exact) mass is 288 g/mol. The molecule has 0 radical (unpaired) electrons. The third-order valence-corrected chi connectivity index (χ3v) is 5.61. The van der Waals surface area contributed by atoms with Gasteiger partial charge in [0, 0.05) is 6.04 Å². The Morgan fingerprint density at radius 1 is 1.05 bits per heavy atom. The van der Waals surface area contributed by atoms with Gasteiger partial charge in [0.25, 0.3) is 0 Å². The Hall–Kier alpha value is -0.860. The third kappa shape index (κ3) is 4.08. The largest absolute Gasteiger partial charge is 0.271 e. The molecule has 1 saturated carbocycles. The van der Waals surface area contributed by atoms with E-state index in [0.29, 0.717) is 6.04 Å². The van der Waals surface area contributed by atoms with Crippen LogP contribution in [0.3, 0.4) is 0 Å². The van der Waals surface area contributed by atoms with Crippen molar-refractivity contribution in [1.29, 1.82) is 0 Å². The molecular weight excluding hydrogens is 256 g/mol. The smallest absolute Gasteiger partial charge is 0.0279 e. The van der Waals surface area contributed by atoms with Crippen LogP contribution in [-0.2, 0) is 6.42 Å². The summed E-state index contributed by atoms with van der Waals surface area (Å²) in [6.07, 6.45) is 6.44. The lowest BCUT2D eigenvalue weighted by atomic mass is 9.73. The first-order chi connectivity index (χ1) is 10.0. The predicted molar refractivity (Wildman–Crippen MR) is 91.0 cm³/mol. The molecule has 2 rings (SSSR count). The molecule has 118 valence electrons. The molecule has 0 bridgehead atoms. The Labute approximate surface area is 130 Å². The van der Waals surface area contributed by atoms with E-state index >= 15 is 0 Å². The van der Waals surface area contributed by atoms with Crippen molar-refractivity contribution in [2.75, 3.05) is 0 Å². The molecule has 1 fully saturated rings. The van der Waals surface area contributed by atoms with Gasteiger partial charge in [-0.25, -0.2) is 0 Å². The Morgan fingerprint density at radius 2 is 1.57 bits per heavy atom. The van der Waals surface area contributed by atoms with E-state index in [4.69, 9.17) is 5.84 Å². The minimum atomic E-state index is 0.415. The normalized spacial score (nSPS) is 24.3. The molecule has 2 heteroatoms. The highest BCUT2D eigenvalue weighted by Crippen LogP contribution is 2.35. The van der Waals surface area contributed by atoms with E-state index in [1.165, 1.54) is 42.4 Å². The van der Waals surface area contributed by atoms with Crippen LogP contribution in [0.25, 0.3) is 0 Å². The van der Waals surface area contributed by atoms with Crippen molar-refractivity contribution in [2.24, 2.45) is 23.6 Å². The minimum absolute atomic E-state index is 0.415. The lowest BCUT2D eigenvalue weighted by Gasteiger charge is -2.35. The highest BCUT2D eigenvalue weighted by molar-refractivity contribution is 5.34. The van der Waals surface area contributed by atoms with Gasteiger partial charge in [0.2, 0.25) is 0 Å². The van der Waals surface area contributed by atoms with Crippen molar-refractivity contribution < 1.29 is 0 Å². The zero-order valence-corrected chi connectivity index (χ0v) is 14.2. The fourth-order valence-electron chi connectivity index (χ4n) is 3.97. The van der Waals surface area contributed by atoms with Crippen LogP contribution < -0.4 is 11.3 Å². The number of nitrogens with two attached hydrogens (primary N) is 1. The number of benzene rings is 1. The Bertz CT molecular complexity index is 425. The Balaban J connectivity index is 2.01. The van der Waals surface area contributed by atoms with E-state index in [2.05, 4.69) is 51.3 Å². The number of hydrogen-bond donors (Lipinski definition) is 2.